The van der Waals surface area contributed by atoms with E-state index in [-0.39, 0.29) is 41.2 Å². The molecule has 2 saturated heterocycles. The Bertz CT molecular complexity index is 739. The third-order valence-electron chi connectivity index (χ3n) is 6.83. The van der Waals surface area contributed by atoms with Gasteiger partial charge in [-0.3, -0.25) is 4.79 Å². The van der Waals surface area contributed by atoms with E-state index in [0.717, 1.165) is 17.7 Å². The highest BCUT2D eigenvalue weighted by molar-refractivity contribution is 5.85. The third-order valence-corrected chi connectivity index (χ3v) is 6.83. The molecule has 4 fully saturated rings. The van der Waals surface area contributed by atoms with Crippen LogP contribution < -0.4 is 4.74 Å². The number of fused-ring (bicyclic) bond motifs is 2. The lowest BCUT2D eigenvalue weighted by Gasteiger charge is -2.46. The number of aliphatic hydroxyl groups excluding tert-OH is 1. The van der Waals surface area contributed by atoms with Crippen molar-refractivity contribution < 1.29 is 19.4 Å². The minimum absolute atomic E-state index is 0.0416. The van der Waals surface area contributed by atoms with Crippen LogP contribution in [0.3, 0.4) is 0 Å². The SMILES string of the molecule is COc1ccc(C23OC4C(O)C5CC4C2C5C(=O)N3C(C)(C)C)cc1. The average Bonchev–Trinajstić information content (AvgIpc) is 3.22. The minimum atomic E-state index is -0.770. The molecule has 2 bridgehead atoms. The Morgan fingerprint density at radius 2 is 1.92 bits per heavy atom. The highest BCUT2D eigenvalue weighted by Gasteiger charge is 2.79. The first kappa shape index (κ1) is 15.6. The Morgan fingerprint density at radius 1 is 1.24 bits per heavy atom. The molecule has 2 aliphatic heterocycles. The van der Waals surface area contributed by atoms with Gasteiger partial charge in [0, 0.05) is 17.0 Å². The number of benzene rings is 1. The van der Waals surface area contributed by atoms with Crippen molar-refractivity contribution in [3.63, 3.8) is 0 Å². The Hall–Kier alpha value is -1.59. The Morgan fingerprint density at radius 3 is 2.52 bits per heavy atom. The molecule has 0 radical (unpaired) electrons. The molecule has 1 amide bonds. The first-order chi connectivity index (χ1) is 11.8. The molecule has 5 heteroatoms. The molecule has 5 rings (SSSR count). The summed E-state index contributed by atoms with van der Waals surface area (Å²) in [5, 5.41) is 10.7. The molecular formula is C20H25NO4. The first-order valence-corrected chi connectivity index (χ1v) is 9.15. The quantitative estimate of drug-likeness (QED) is 0.894. The lowest BCUT2D eigenvalue weighted by atomic mass is 9.75. The zero-order valence-corrected chi connectivity index (χ0v) is 15.1. The van der Waals surface area contributed by atoms with E-state index in [1.165, 1.54) is 0 Å². The van der Waals surface area contributed by atoms with Gasteiger partial charge in [-0.1, -0.05) is 12.1 Å². The van der Waals surface area contributed by atoms with Gasteiger partial charge in [0.1, 0.15) is 5.75 Å². The summed E-state index contributed by atoms with van der Waals surface area (Å²) >= 11 is 0. The average molecular weight is 343 g/mol. The van der Waals surface area contributed by atoms with Crippen molar-refractivity contribution in [1.29, 1.82) is 0 Å². The molecule has 7 unspecified atom stereocenters. The standard InChI is InChI=1S/C20H25NO4/c1-19(2,3)21-18(23)14-12-9-13-15(14)20(21,25-17(13)16(12)22)10-5-7-11(24-4)8-6-10/h5-8,12-17,22H,9H2,1-4H3. The van der Waals surface area contributed by atoms with Gasteiger partial charge in [0.25, 0.3) is 0 Å². The van der Waals surface area contributed by atoms with Crippen LogP contribution in [0.15, 0.2) is 24.3 Å². The van der Waals surface area contributed by atoms with Gasteiger partial charge in [-0.25, -0.2) is 0 Å². The summed E-state index contributed by atoms with van der Waals surface area (Å²) in [6.07, 6.45) is 0.228. The number of nitrogens with zero attached hydrogens (tertiary/aromatic N) is 1. The molecule has 0 spiro atoms. The van der Waals surface area contributed by atoms with Crippen LogP contribution in [0.25, 0.3) is 0 Å². The van der Waals surface area contributed by atoms with E-state index >= 15 is 0 Å². The van der Waals surface area contributed by atoms with Crippen LogP contribution in [-0.2, 0) is 15.3 Å². The summed E-state index contributed by atoms with van der Waals surface area (Å²) in [4.78, 5) is 15.4. The molecule has 2 saturated carbocycles. The van der Waals surface area contributed by atoms with E-state index in [2.05, 4.69) is 20.8 Å². The van der Waals surface area contributed by atoms with Crippen LogP contribution in [-0.4, -0.2) is 40.8 Å². The molecule has 7 atom stereocenters. The molecule has 1 N–H and O–H groups in total. The first-order valence-electron chi connectivity index (χ1n) is 9.15. The monoisotopic (exact) mass is 343 g/mol. The van der Waals surface area contributed by atoms with Gasteiger partial charge < -0.3 is 19.5 Å². The highest BCUT2D eigenvalue weighted by atomic mass is 16.6. The van der Waals surface area contributed by atoms with E-state index in [9.17, 15) is 9.90 Å². The second-order valence-electron chi connectivity index (χ2n) is 8.96. The van der Waals surface area contributed by atoms with Gasteiger partial charge in [-0.15, -0.1) is 0 Å². The molecule has 2 aliphatic carbocycles. The number of ether oxygens (including phenoxy) is 2. The van der Waals surface area contributed by atoms with E-state index in [1.54, 1.807) is 7.11 Å². The fraction of sp³-hybridized carbons (Fsp3) is 0.650. The van der Waals surface area contributed by atoms with Gasteiger partial charge in [-0.05, 0) is 51.2 Å². The molecular weight excluding hydrogens is 318 g/mol. The number of aliphatic hydroxyl groups is 1. The van der Waals surface area contributed by atoms with Crippen molar-refractivity contribution in [2.24, 2.45) is 23.7 Å². The fourth-order valence-corrected chi connectivity index (χ4v) is 6.20. The van der Waals surface area contributed by atoms with Crippen molar-refractivity contribution in [2.45, 2.75) is 50.7 Å². The number of likely N-dealkylation sites (tertiary alicyclic amines) is 1. The second kappa shape index (κ2) is 4.57. The van der Waals surface area contributed by atoms with Crippen LogP contribution in [0.2, 0.25) is 0 Å². The molecule has 5 nitrogen and oxygen atoms in total. The Labute approximate surface area is 147 Å². The summed E-state index contributed by atoms with van der Waals surface area (Å²) in [6, 6.07) is 7.87. The number of hydrogen-bond acceptors (Lipinski definition) is 4. The molecule has 1 aromatic rings. The van der Waals surface area contributed by atoms with Gasteiger partial charge in [0.05, 0.1) is 25.2 Å². The van der Waals surface area contributed by atoms with E-state index in [0.29, 0.717) is 0 Å². The largest absolute Gasteiger partial charge is 0.497 e. The maximum Gasteiger partial charge on any atom is 0.229 e. The minimum Gasteiger partial charge on any atom is -0.497 e. The van der Waals surface area contributed by atoms with Crippen LogP contribution in [0, 0.1) is 23.7 Å². The topological polar surface area (TPSA) is 59.0 Å². The van der Waals surface area contributed by atoms with Crippen molar-refractivity contribution in [3.05, 3.63) is 29.8 Å². The van der Waals surface area contributed by atoms with Gasteiger partial charge in [0.15, 0.2) is 5.72 Å². The van der Waals surface area contributed by atoms with Gasteiger partial charge in [0.2, 0.25) is 5.91 Å². The molecule has 1 aromatic carbocycles. The lowest BCUT2D eigenvalue weighted by molar-refractivity contribution is -0.199. The van der Waals surface area contributed by atoms with Crippen molar-refractivity contribution in [3.8, 4) is 5.75 Å². The van der Waals surface area contributed by atoms with Crippen molar-refractivity contribution in [1.82, 2.24) is 4.90 Å². The maximum absolute atomic E-state index is 13.4. The van der Waals surface area contributed by atoms with Crippen LogP contribution >= 0.6 is 0 Å². The summed E-state index contributed by atoms with van der Waals surface area (Å²) in [5.74, 6) is 1.24. The number of methoxy groups -OCH3 is 1. The predicted octanol–water partition coefficient (Wildman–Crippen LogP) is 2.13. The third kappa shape index (κ3) is 1.64. The molecule has 2 heterocycles. The molecule has 25 heavy (non-hydrogen) atoms. The van der Waals surface area contributed by atoms with E-state index in [1.807, 2.05) is 29.2 Å². The highest BCUT2D eigenvalue weighted by Crippen LogP contribution is 2.71. The number of carbonyl (C=O) groups excluding carboxylic acids is 1. The normalized spacial score (nSPS) is 44.0. The van der Waals surface area contributed by atoms with Crippen LogP contribution in [0.1, 0.15) is 32.8 Å². The van der Waals surface area contributed by atoms with Crippen LogP contribution in [0.4, 0.5) is 0 Å². The zero-order valence-electron chi connectivity index (χ0n) is 15.1. The maximum atomic E-state index is 13.4. The summed E-state index contributed by atoms with van der Waals surface area (Å²) < 4.78 is 11.9. The number of carbonyl (C=O) groups is 1. The predicted molar refractivity (Wildman–Crippen MR) is 90.7 cm³/mol. The lowest BCUT2D eigenvalue weighted by Crippen LogP contribution is -2.56. The number of amides is 1. The fourth-order valence-electron chi connectivity index (χ4n) is 6.20. The van der Waals surface area contributed by atoms with E-state index in [4.69, 9.17) is 9.47 Å². The van der Waals surface area contributed by atoms with Crippen LogP contribution in [0.5, 0.6) is 5.75 Å². The summed E-state index contributed by atoms with van der Waals surface area (Å²) in [5.41, 5.74) is -0.132. The van der Waals surface area contributed by atoms with Crippen molar-refractivity contribution in [2.75, 3.05) is 7.11 Å². The van der Waals surface area contributed by atoms with Crippen molar-refractivity contribution >= 4 is 5.91 Å². The second-order valence-corrected chi connectivity index (χ2v) is 8.96. The molecule has 0 aromatic heterocycles. The number of hydrogen-bond donors (Lipinski definition) is 1. The van der Waals surface area contributed by atoms with E-state index < -0.39 is 11.8 Å². The van der Waals surface area contributed by atoms with Gasteiger partial charge >= 0.3 is 0 Å². The Kier molecular flexibility index (Phi) is 2.86. The molecule has 134 valence electrons. The summed E-state index contributed by atoms with van der Waals surface area (Å²) in [6.45, 7) is 6.20. The smallest absolute Gasteiger partial charge is 0.229 e. The molecule has 4 aliphatic rings. The summed E-state index contributed by atoms with van der Waals surface area (Å²) in [7, 11) is 1.65. The Balaban J connectivity index is 1.72. The zero-order chi connectivity index (χ0) is 17.7. The number of rotatable bonds is 2. The van der Waals surface area contributed by atoms with Gasteiger partial charge in [-0.2, -0.15) is 0 Å².